The summed E-state index contributed by atoms with van der Waals surface area (Å²) >= 11 is 0. The summed E-state index contributed by atoms with van der Waals surface area (Å²) < 4.78 is 0. The average Bonchev–Trinajstić information content (AvgIpc) is 2.49. The lowest BCUT2D eigenvalue weighted by molar-refractivity contribution is -0.544. The number of benzene rings is 2. The maximum Gasteiger partial charge on any atom is 0.157 e. The summed E-state index contributed by atoms with van der Waals surface area (Å²) in [5.41, 5.74) is 5.33. The number of hydrogen-bond acceptors (Lipinski definition) is 3. The Morgan fingerprint density at radius 3 is 2.76 bits per heavy atom. The third kappa shape index (κ3) is 2.91. The number of nitrogens with one attached hydrogen (secondary N) is 1. The van der Waals surface area contributed by atoms with E-state index in [1.807, 2.05) is 36.4 Å². The zero-order valence-corrected chi connectivity index (χ0v) is 11.5. The third-order valence-electron chi connectivity index (χ3n) is 3.51. The van der Waals surface area contributed by atoms with Crippen molar-refractivity contribution in [2.75, 3.05) is 6.54 Å². The van der Waals surface area contributed by atoms with Gasteiger partial charge in [-0.05, 0) is 36.6 Å². The average molecular weight is 281 g/mol. The highest BCUT2D eigenvalue weighted by Crippen LogP contribution is 2.23. The largest absolute Gasteiger partial charge is 0.248 e. The normalized spacial score (nSPS) is 10.9. The molecule has 0 saturated heterocycles. The number of aryl methyl sites for hydroxylation is 1. The molecule has 0 saturated carbocycles. The molecule has 106 valence electrons. The number of nitrogens with zero attached hydrogens (tertiary/aromatic N) is 2. The Bertz CT molecular complexity index is 802. The first-order chi connectivity index (χ1) is 10.2. The molecule has 0 unspecified atom stereocenters. The van der Waals surface area contributed by atoms with E-state index in [1.54, 1.807) is 0 Å². The Morgan fingerprint density at radius 1 is 1.10 bits per heavy atom. The summed E-state index contributed by atoms with van der Waals surface area (Å²) in [7, 11) is 0. The van der Waals surface area contributed by atoms with Crippen molar-refractivity contribution in [2.24, 2.45) is 0 Å². The molecule has 0 aliphatic rings. The number of nitro groups is 1. The Morgan fingerprint density at radius 2 is 1.90 bits per heavy atom. The van der Waals surface area contributed by atoms with Crippen molar-refractivity contribution in [2.45, 2.75) is 12.8 Å². The molecule has 3 aromatic rings. The van der Waals surface area contributed by atoms with E-state index in [-0.39, 0.29) is 0 Å². The third-order valence-corrected chi connectivity index (χ3v) is 3.51. The highest BCUT2D eigenvalue weighted by atomic mass is 16.7. The Balaban J connectivity index is 1.91. The summed E-state index contributed by atoms with van der Waals surface area (Å²) in [6.07, 6.45) is 1.51. The second-order valence-corrected chi connectivity index (χ2v) is 4.93. The lowest BCUT2D eigenvalue weighted by Gasteiger charge is -2.07. The molecule has 1 N–H and O–H groups in total. The molecule has 2 aromatic carbocycles. The minimum atomic E-state index is -0.502. The minimum Gasteiger partial charge on any atom is -0.248 e. The SMILES string of the molecule is O=[N+]([O-])NCCCc1cccc2nc3ccccc3cc12. The second kappa shape index (κ2) is 5.75. The molecular formula is C16H15N3O2. The van der Waals surface area contributed by atoms with Gasteiger partial charge in [0, 0.05) is 10.8 Å². The van der Waals surface area contributed by atoms with Gasteiger partial charge in [0.05, 0.1) is 17.6 Å². The van der Waals surface area contributed by atoms with E-state index in [2.05, 4.69) is 22.5 Å². The molecule has 0 spiro atoms. The van der Waals surface area contributed by atoms with Gasteiger partial charge in [0.2, 0.25) is 0 Å². The lowest BCUT2D eigenvalue weighted by atomic mass is 10.0. The minimum absolute atomic E-state index is 0.365. The van der Waals surface area contributed by atoms with Crippen LogP contribution in [0.2, 0.25) is 0 Å². The van der Waals surface area contributed by atoms with Crippen LogP contribution in [-0.2, 0) is 6.42 Å². The molecule has 1 aromatic heterocycles. The molecule has 0 radical (unpaired) electrons. The first-order valence-corrected chi connectivity index (χ1v) is 6.89. The van der Waals surface area contributed by atoms with Crippen LogP contribution in [0.3, 0.4) is 0 Å². The molecule has 0 bridgehead atoms. The van der Waals surface area contributed by atoms with Crippen molar-refractivity contribution in [3.05, 3.63) is 64.2 Å². The van der Waals surface area contributed by atoms with Crippen LogP contribution in [0.1, 0.15) is 12.0 Å². The number of aromatic nitrogens is 1. The second-order valence-electron chi connectivity index (χ2n) is 4.93. The predicted molar refractivity (Wildman–Crippen MR) is 82.6 cm³/mol. The molecular weight excluding hydrogens is 266 g/mol. The van der Waals surface area contributed by atoms with Crippen LogP contribution in [0, 0.1) is 10.1 Å². The Labute approximate surface area is 121 Å². The van der Waals surface area contributed by atoms with Gasteiger partial charge in [-0.2, -0.15) is 0 Å². The zero-order chi connectivity index (χ0) is 14.7. The van der Waals surface area contributed by atoms with Gasteiger partial charge < -0.3 is 0 Å². The number of fused-ring (bicyclic) bond motifs is 2. The Hall–Kier alpha value is -2.69. The topological polar surface area (TPSA) is 68.1 Å². The van der Waals surface area contributed by atoms with Gasteiger partial charge in [-0.25, -0.2) is 15.1 Å². The Kier molecular flexibility index (Phi) is 3.64. The molecule has 1 heterocycles. The molecule has 21 heavy (non-hydrogen) atoms. The molecule has 0 atom stereocenters. The highest BCUT2D eigenvalue weighted by molar-refractivity contribution is 5.94. The molecule has 0 aliphatic carbocycles. The van der Waals surface area contributed by atoms with Crippen LogP contribution in [0.15, 0.2) is 48.5 Å². The smallest absolute Gasteiger partial charge is 0.157 e. The number of hydrazine groups is 1. The van der Waals surface area contributed by atoms with Crippen LogP contribution in [0.5, 0.6) is 0 Å². The molecule has 0 aliphatic heterocycles. The van der Waals surface area contributed by atoms with Crippen molar-refractivity contribution >= 4 is 21.8 Å². The van der Waals surface area contributed by atoms with Crippen LogP contribution in [0.4, 0.5) is 0 Å². The van der Waals surface area contributed by atoms with E-state index < -0.39 is 5.03 Å². The fourth-order valence-electron chi connectivity index (χ4n) is 2.53. The maximum absolute atomic E-state index is 10.3. The van der Waals surface area contributed by atoms with E-state index in [0.717, 1.165) is 28.2 Å². The van der Waals surface area contributed by atoms with E-state index >= 15 is 0 Å². The number of pyridine rings is 1. The van der Waals surface area contributed by atoms with E-state index in [4.69, 9.17) is 0 Å². The van der Waals surface area contributed by atoms with Crippen LogP contribution >= 0.6 is 0 Å². The molecule has 0 fully saturated rings. The summed E-state index contributed by atoms with van der Waals surface area (Å²) in [5, 5.41) is 12.0. The van der Waals surface area contributed by atoms with Gasteiger partial charge in [0.1, 0.15) is 0 Å². The summed E-state index contributed by atoms with van der Waals surface area (Å²) in [6.45, 7) is 0.365. The summed E-state index contributed by atoms with van der Waals surface area (Å²) in [5.74, 6) is 0. The van der Waals surface area contributed by atoms with Crippen molar-refractivity contribution in [1.82, 2.24) is 10.4 Å². The van der Waals surface area contributed by atoms with Gasteiger partial charge in [-0.3, -0.25) is 0 Å². The van der Waals surface area contributed by atoms with Crippen LogP contribution in [-0.4, -0.2) is 16.6 Å². The zero-order valence-electron chi connectivity index (χ0n) is 11.5. The van der Waals surface area contributed by atoms with E-state index in [9.17, 15) is 10.1 Å². The molecule has 5 nitrogen and oxygen atoms in total. The van der Waals surface area contributed by atoms with Crippen LogP contribution < -0.4 is 5.43 Å². The summed E-state index contributed by atoms with van der Waals surface area (Å²) in [6, 6.07) is 16.2. The van der Waals surface area contributed by atoms with Gasteiger partial charge in [0.25, 0.3) is 0 Å². The molecule has 3 rings (SSSR count). The maximum atomic E-state index is 10.3. The van der Waals surface area contributed by atoms with Crippen molar-refractivity contribution < 1.29 is 5.03 Å². The van der Waals surface area contributed by atoms with Gasteiger partial charge >= 0.3 is 0 Å². The highest BCUT2D eigenvalue weighted by Gasteiger charge is 2.05. The first kappa shape index (κ1) is 13.3. The predicted octanol–water partition coefficient (Wildman–Crippen LogP) is 3.10. The van der Waals surface area contributed by atoms with Crippen molar-refractivity contribution in [1.29, 1.82) is 0 Å². The van der Waals surface area contributed by atoms with Gasteiger partial charge in [0.15, 0.2) is 5.03 Å². The standard InChI is InChI=1S/C16H15N3O2/c20-19(21)17-10-4-7-12-6-3-9-16-14(12)11-13-5-1-2-8-15(13)18-16/h1-3,5-6,8-9,11,17H,4,7,10H2. The van der Waals surface area contributed by atoms with Crippen LogP contribution in [0.25, 0.3) is 21.8 Å². The first-order valence-electron chi connectivity index (χ1n) is 6.89. The monoisotopic (exact) mass is 281 g/mol. The number of rotatable bonds is 5. The molecule has 0 amide bonds. The fraction of sp³-hybridized carbons (Fsp3) is 0.188. The number of para-hydroxylation sites is 1. The van der Waals surface area contributed by atoms with Crippen molar-refractivity contribution in [3.63, 3.8) is 0 Å². The number of hydrogen-bond donors (Lipinski definition) is 1. The van der Waals surface area contributed by atoms with E-state index in [0.29, 0.717) is 13.0 Å². The van der Waals surface area contributed by atoms with Crippen molar-refractivity contribution in [3.8, 4) is 0 Å². The molecule has 5 heteroatoms. The quantitative estimate of drug-likeness (QED) is 0.338. The summed E-state index contributed by atoms with van der Waals surface area (Å²) in [4.78, 5) is 14.9. The lowest BCUT2D eigenvalue weighted by Crippen LogP contribution is -2.22. The van der Waals surface area contributed by atoms with Gasteiger partial charge in [-0.15, -0.1) is 5.43 Å². The van der Waals surface area contributed by atoms with E-state index in [1.165, 1.54) is 5.56 Å². The van der Waals surface area contributed by atoms with Gasteiger partial charge in [-0.1, -0.05) is 30.3 Å². The fourth-order valence-corrected chi connectivity index (χ4v) is 2.53.